The molecule has 0 aliphatic carbocycles. The molecular formula is C13H18N4S. The van der Waals surface area contributed by atoms with Crippen molar-refractivity contribution in [2.24, 2.45) is 0 Å². The maximum absolute atomic E-state index is 4.55. The Hall–Kier alpha value is -1.46. The lowest BCUT2D eigenvalue weighted by Gasteiger charge is -2.17. The summed E-state index contributed by atoms with van der Waals surface area (Å²) in [7, 11) is 3.95. The predicted octanol–water partition coefficient (Wildman–Crippen LogP) is 2.20. The minimum atomic E-state index is 0.778. The highest BCUT2D eigenvalue weighted by atomic mass is 32.1. The number of hydrogen-bond donors (Lipinski definition) is 1. The largest absolute Gasteiger partial charge is 0.339 e. The van der Waals surface area contributed by atoms with Crippen LogP contribution in [0.25, 0.3) is 0 Å². The van der Waals surface area contributed by atoms with Gasteiger partial charge >= 0.3 is 0 Å². The van der Waals surface area contributed by atoms with Crippen LogP contribution in [0.2, 0.25) is 0 Å². The maximum atomic E-state index is 4.55. The van der Waals surface area contributed by atoms with Gasteiger partial charge in [-0.05, 0) is 25.4 Å². The molecule has 0 radical (unpaired) electrons. The van der Waals surface area contributed by atoms with Crippen molar-refractivity contribution in [1.82, 2.24) is 15.3 Å². The standard InChI is InChI=1S/C13H18N4S/c1-10-11(7-14-2)8-15-13(16-10)17(3)9-12-5-4-6-18-12/h4-6,8,14H,7,9H2,1-3H3. The van der Waals surface area contributed by atoms with Crippen molar-refractivity contribution < 1.29 is 0 Å². The summed E-state index contributed by atoms with van der Waals surface area (Å²) in [6.07, 6.45) is 1.90. The van der Waals surface area contributed by atoms with Crippen LogP contribution in [-0.2, 0) is 13.1 Å². The molecule has 0 aliphatic rings. The number of thiophene rings is 1. The molecule has 96 valence electrons. The molecule has 0 unspecified atom stereocenters. The van der Waals surface area contributed by atoms with Gasteiger partial charge in [0.25, 0.3) is 0 Å². The van der Waals surface area contributed by atoms with Crippen LogP contribution in [0.3, 0.4) is 0 Å². The molecule has 0 spiro atoms. The fraction of sp³-hybridized carbons (Fsp3) is 0.385. The SMILES string of the molecule is CNCc1cnc(N(C)Cc2cccs2)nc1C. The molecule has 4 nitrogen and oxygen atoms in total. The van der Waals surface area contributed by atoms with Crippen molar-refractivity contribution in [1.29, 1.82) is 0 Å². The molecule has 0 aromatic carbocycles. The molecule has 0 fully saturated rings. The number of aryl methyl sites for hydroxylation is 1. The van der Waals surface area contributed by atoms with E-state index in [1.54, 1.807) is 11.3 Å². The number of rotatable bonds is 5. The fourth-order valence-electron chi connectivity index (χ4n) is 1.73. The summed E-state index contributed by atoms with van der Waals surface area (Å²) in [6, 6.07) is 4.19. The van der Waals surface area contributed by atoms with Crippen LogP contribution in [0.4, 0.5) is 5.95 Å². The minimum Gasteiger partial charge on any atom is -0.339 e. The molecule has 0 aliphatic heterocycles. The molecule has 0 amide bonds. The van der Waals surface area contributed by atoms with Gasteiger partial charge in [0.05, 0.1) is 6.54 Å². The zero-order valence-corrected chi connectivity index (χ0v) is 11.8. The smallest absolute Gasteiger partial charge is 0.225 e. The molecule has 0 bridgehead atoms. The average Bonchev–Trinajstić information content (AvgIpc) is 2.84. The van der Waals surface area contributed by atoms with Gasteiger partial charge < -0.3 is 10.2 Å². The third kappa shape index (κ3) is 3.05. The van der Waals surface area contributed by atoms with E-state index >= 15 is 0 Å². The first-order chi connectivity index (χ1) is 8.70. The van der Waals surface area contributed by atoms with Gasteiger partial charge in [0.1, 0.15) is 0 Å². The molecule has 0 saturated heterocycles. The second-order valence-corrected chi connectivity index (χ2v) is 5.28. The van der Waals surface area contributed by atoms with Crippen LogP contribution in [0, 0.1) is 6.92 Å². The van der Waals surface area contributed by atoms with Crippen LogP contribution < -0.4 is 10.2 Å². The Balaban J connectivity index is 2.11. The number of anilines is 1. The van der Waals surface area contributed by atoms with Crippen LogP contribution in [0.15, 0.2) is 23.7 Å². The van der Waals surface area contributed by atoms with E-state index < -0.39 is 0 Å². The third-order valence-corrected chi connectivity index (χ3v) is 3.61. The number of nitrogens with one attached hydrogen (secondary N) is 1. The van der Waals surface area contributed by atoms with Gasteiger partial charge in [0, 0.05) is 35.9 Å². The molecule has 2 aromatic rings. The Morgan fingerprint density at radius 1 is 1.44 bits per heavy atom. The van der Waals surface area contributed by atoms with Crippen LogP contribution in [-0.4, -0.2) is 24.1 Å². The summed E-state index contributed by atoms with van der Waals surface area (Å²) in [5.74, 6) is 0.778. The Kier molecular flexibility index (Phi) is 4.28. The Bertz CT molecular complexity index is 496. The fourth-order valence-corrected chi connectivity index (χ4v) is 2.49. The zero-order chi connectivity index (χ0) is 13.0. The predicted molar refractivity (Wildman–Crippen MR) is 76.0 cm³/mol. The first-order valence-corrected chi connectivity index (χ1v) is 6.79. The Labute approximate surface area is 112 Å². The lowest BCUT2D eigenvalue weighted by Crippen LogP contribution is -2.19. The van der Waals surface area contributed by atoms with E-state index in [4.69, 9.17) is 0 Å². The zero-order valence-electron chi connectivity index (χ0n) is 11.0. The van der Waals surface area contributed by atoms with E-state index in [-0.39, 0.29) is 0 Å². The quantitative estimate of drug-likeness (QED) is 0.897. The Morgan fingerprint density at radius 2 is 2.28 bits per heavy atom. The molecule has 2 rings (SSSR count). The lowest BCUT2D eigenvalue weighted by atomic mass is 10.2. The molecule has 1 N–H and O–H groups in total. The van der Waals surface area contributed by atoms with Crippen LogP contribution in [0.5, 0.6) is 0 Å². The molecule has 0 atom stereocenters. The van der Waals surface area contributed by atoms with E-state index in [2.05, 4.69) is 37.7 Å². The average molecular weight is 262 g/mol. The van der Waals surface area contributed by atoms with Gasteiger partial charge in [-0.15, -0.1) is 11.3 Å². The van der Waals surface area contributed by atoms with Crippen molar-refractivity contribution in [2.45, 2.75) is 20.0 Å². The highest BCUT2D eigenvalue weighted by molar-refractivity contribution is 7.09. The highest BCUT2D eigenvalue weighted by Crippen LogP contribution is 2.15. The van der Waals surface area contributed by atoms with E-state index in [9.17, 15) is 0 Å². The summed E-state index contributed by atoms with van der Waals surface area (Å²) in [5, 5.41) is 5.21. The molecule has 2 aromatic heterocycles. The summed E-state index contributed by atoms with van der Waals surface area (Å²) in [5.41, 5.74) is 2.18. The van der Waals surface area contributed by atoms with E-state index in [0.29, 0.717) is 0 Å². The van der Waals surface area contributed by atoms with Crippen molar-refractivity contribution in [3.63, 3.8) is 0 Å². The second kappa shape index (κ2) is 5.93. The van der Waals surface area contributed by atoms with Crippen molar-refractivity contribution in [3.05, 3.63) is 39.8 Å². The molecular weight excluding hydrogens is 244 g/mol. The van der Waals surface area contributed by atoms with E-state index in [1.807, 2.05) is 27.2 Å². The first kappa shape index (κ1) is 13.0. The molecule has 5 heteroatoms. The van der Waals surface area contributed by atoms with Crippen molar-refractivity contribution in [3.8, 4) is 0 Å². The van der Waals surface area contributed by atoms with E-state index in [1.165, 1.54) is 4.88 Å². The summed E-state index contributed by atoms with van der Waals surface area (Å²) >= 11 is 1.75. The highest BCUT2D eigenvalue weighted by Gasteiger charge is 2.08. The number of hydrogen-bond acceptors (Lipinski definition) is 5. The van der Waals surface area contributed by atoms with Crippen LogP contribution in [0.1, 0.15) is 16.1 Å². The summed E-state index contributed by atoms with van der Waals surface area (Å²) < 4.78 is 0. The second-order valence-electron chi connectivity index (χ2n) is 4.25. The van der Waals surface area contributed by atoms with Gasteiger partial charge in [0.2, 0.25) is 5.95 Å². The monoisotopic (exact) mass is 262 g/mol. The molecule has 2 heterocycles. The van der Waals surface area contributed by atoms with Crippen LogP contribution >= 0.6 is 11.3 Å². The minimum absolute atomic E-state index is 0.778. The van der Waals surface area contributed by atoms with Gasteiger partial charge in [-0.25, -0.2) is 9.97 Å². The topological polar surface area (TPSA) is 41.1 Å². The molecule has 18 heavy (non-hydrogen) atoms. The van der Waals surface area contributed by atoms with Crippen molar-refractivity contribution in [2.75, 3.05) is 19.0 Å². The molecule has 0 saturated carbocycles. The summed E-state index contributed by atoms with van der Waals surface area (Å²) in [6.45, 7) is 3.68. The summed E-state index contributed by atoms with van der Waals surface area (Å²) in [4.78, 5) is 12.4. The van der Waals surface area contributed by atoms with Crippen molar-refractivity contribution >= 4 is 17.3 Å². The number of nitrogens with zero attached hydrogens (tertiary/aromatic N) is 3. The first-order valence-electron chi connectivity index (χ1n) is 5.91. The lowest BCUT2D eigenvalue weighted by molar-refractivity contribution is 0.787. The van der Waals surface area contributed by atoms with Gasteiger partial charge in [-0.2, -0.15) is 0 Å². The normalized spacial score (nSPS) is 10.6. The van der Waals surface area contributed by atoms with Gasteiger partial charge in [-0.1, -0.05) is 6.07 Å². The Morgan fingerprint density at radius 3 is 2.89 bits per heavy atom. The number of aromatic nitrogens is 2. The maximum Gasteiger partial charge on any atom is 0.225 e. The van der Waals surface area contributed by atoms with Gasteiger partial charge in [-0.3, -0.25) is 0 Å². The van der Waals surface area contributed by atoms with E-state index in [0.717, 1.165) is 30.3 Å². The third-order valence-electron chi connectivity index (χ3n) is 2.75. The van der Waals surface area contributed by atoms with Gasteiger partial charge in [0.15, 0.2) is 0 Å².